The van der Waals surface area contributed by atoms with E-state index in [1.54, 1.807) is 18.5 Å². The minimum atomic E-state index is 0.457. The number of aromatic nitrogens is 2. The highest BCUT2D eigenvalue weighted by molar-refractivity contribution is 6.10. The minimum absolute atomic E-state index is 0.457. The summed E-state index contributed by atoms with van der Waals surface area (Å²) in [5, 5.41) is 30.9. The number of hydrogen-bond acceptors (Lipinski definition) is 4. The molecular weight excluding hydrogens is 466 g/mol. The van der Waals surface area contributed by atoms with E-state index in [4.69, 9.17) is 0 Å². The topological polar surface area (TPSA) is 89.2 Å². The van der Waals surface area contributed by atoms with Crippen molar-refractivity contribution in [2.75, 3.05) is 0 Å². The largest absolute Gasteiger partial charge is 0.309 e. The first kappa shape index (κ1) is 22.7. The molecule has 176 valence electrons. The van der Waals surface area contributed by atoms with Crippen molar-refractivity contribution < 1.29 is 0 Å². The lowest BCUT2D eigenvalue weighted by atomic mass is 9.97. The highest BCUT2D eigenvalue weighted by atomic mass is 15.0. The number of para-hydroxylation sites is 1. The van der Waals surface area contributed by atoms with Crippen molar-refractivity contribution in [3.05, 3.63) is 120 Å². The van der Waals surface area contributed by atoms with E-state index >= 15 is 0 Å². The molecule has 0 fully saturated rings. The Bertz CT molecular complexity index is 1980. The lowest BCUT2D eigenvalue weighted by molar-refractivity contribution is 1.15. The number of nitriles is 3. The van der Waals surface area contributed by atoms with Crippen molar-refractivity contribution in [3.63, 3.8) is 0 Å². The number of fused-ring (bicyclic) bond motifs is 3. The lowest BCUT2D eigenvalue weighted by Crippen LogP contribution is -1.99. The molecule has 0 N–H and O–H groups in total. The Morgan fingerprint density at radius 3 is 2.05 bits per heavy atom. The number of pyridine rings is 1. The minimum Gasteiger partial charge on any atom is -0.309 e. The quantitative estimate of drug-likeness (QED) is 0.261. The number of rotatable bonds is 3. The van der Waals surface area contributed by atoms with Gasteiger partial charge in [0.05, 0.1) is 45.9 Å². The molecule has 4 aromatic carbocycles. The second-order valence-electron chi connectivity index (χ2n) is 9.14. The van der Waals surface area contributed by atoms with Crippen LogP contribution in [0, 0.1) is 40.9 Å². The normalized spacial score (nSPS) is 10.7. The molecule has 2 heterocycles. The van der Waals surface area contributed by atoms with Gasteiger partial charge in [-0.15, -0.1) is 0 Å². The van der Waals surface area contributed by atoms with Crippen LogP contribution in [0.1, 0.15) is 22.3 Å². The third-order valence-electron chi connectivity index (χ3n) is 6.89. The van der Waals surface area contributed by atoms with Gasteiger partial charge in [-0.25, -0.2) is 0 Å². The Kier molecular flexibility index (Phi) is 5.43. The molecule has 5 nitrogen and oxygen atoms in total. The molecule has 0 spiro atoms. The van der Waals surface area contributed by atoms with Crippen LogP contribution in [-0.2, 0) is 0 Å². The molecule has 0 atom stereocenters. The summed E-state index contributed by atoms with van der Waals surface area (Å²) in [5.74, 6) is 0. The number of nitrogens with zero attached hydrogens (tertiary/aromatic N) is 5. The molecule has 6 aromatic rings. The summed E-state index contributed by atoms with van der Waals surface area (Å²) in [4.78, 5) is 4.13. The Balaban J connectivity index is 1.63. The van der Waals surface area contributed by atoms with Crippen LogP contribution in [0.4, 0.5) is 0 Å². The average molecular weight is 486 g/mol. The van der Waals surface area contributed by atoms with E-state index in [-0.39, 0.29) is 0 Å². The predicted molar refractivity (Wildman–Crippen MR) is 148 cm³/mol. The molecule has 0 unspecified atom stereocenters. The van der Waals surface area contributed by atoms with E-state index in [9.17, 15) is 15.8 Å². The van der Waals surface area contributed by atoms with Crippen LogP contribution >= 0.6 is 0 Å². The zero-order chi connectivity index (χ0) is 26.2. The van der Waals surface area contributed by atoms with E-state index in [0.29, 0.717) is 16.7 Å². The Hall–Kier alpha value is -5.70. The summed E-state index contributed by atoms with van der Waals surface area (Å²) >= 11 is 0. The monoisotopic (exact) mass is 485 g/mol. The molecule has 0 aliphatic heterocycles. The fraction of sp³-hybridized carbons (Fsp3) is 0.0303. The lowest BCUT2D eigenvalue weighted by Gasteiger charge is -2.15. The van der Waals surface area contributed by atoms with Crippen LogP contribution in [0.2, 0.25) is 0 Å². The standard InChI is InChI=1S/C33H19N5/c1-21-12-27(20-36)29(24-8-10-37-11-9-24)17-33(21)38-31-5-3-2-4-28(31)30-16-25(6-7-32(30)38)26-14-22(18-34)13-23(15-26)19-35/h2-17H,1H3. The Morgan fingerprint density at radius 2 is 1.34 bits per heavy atom. The summed E-state index contributed by atoms with van der Waals surface area (Å²) in [5.41, 5.74) is 9.15. The zero-order valence-electron chi connectivity index (χ0n) is 20.5. The molecule has 0 aliphatic carbocycles. The predicted octanol–water partition coefficient (Wildman–Crippen LogP) is 7.44. The van der Waals surface area contributed by atoms with Gasteiger partial charge >= 0.3 is 0 Å². The summed E-state index contributed by atoms with van der Waals surface area (Å²) in [7, 11) is 0. The van der Waals surface area contributed by atoms with Crippen molar-refractivity contribution in [2.24, 2.45) is 0 Å². The molecule has 38 heavy (non-hydrogen) atoms. The van der Waals surface area contributed by atoms with Crippen LogP contribution in [0.25, 0.3) is 49.7 Å². The zero-order valence-corrected chi connectivity index (χ0v) is 20.5. The molecule has 0 saturated carbocycles. The maximum Gasteiger partial charge on any atom is 0.0998 e. The molecule has 6 rings (SSSR count). The van der Waals surface area contributed by atoms with Gasteiger partial charge in [-0.1, -0.05) is 24.3 Å². The van der Waals surface area contributed by atoms with Crippen LogP contribution in [0.5, 0.6) is 0 Å². The molecule has 5 heteroatoms. The van der Waals surface area contributed by atoms with Crippen molar-refractivity contribution in [1.82, 2.24) is 9.55 Å². The first-order valence-electron chi connectivity index (χ1n) is 12.1. The highest BCUT2D eigenvalue weighted by Crippen LogP contribution is 2.37. The summed E-state index contributed by atoms with van der Waals surface area (Å²) in [6.07, 6.45) is 3.47. The molecular formula is C33H19N5. The van der Waals surface area contributed by atoms with Gasteiger partial charge in [0.15, 0.2) is 0 Å². The molecule has 0 amide bonds. The third-order valence-corrected chi connectivity index (χ3v) is 6.89. The first-order valence-corrected chi connectivity index (χ1v) is 12.1. The number of aryl methyl sites for hydroxylation is 1. The van der Waals surface area contributed by atoms with Gasteiger partial charge in [-0.3, -0.25) is 4.98 Å². The third kappa shape index (κ3) is 3.66. The first-order chi connectivity index (χ1) is 18.6. The summed E-state index contributed by atoms with van der Waals surface area (Å²) in [6.45, 7) is 2.03. The molecule has 0 saturated heterocycles. The Labute approximate surface area is 219 Å². The van der Waals surface area contributed by atoms with Crippen LogP contribution in [-0.4, -0.2) is 9.55 Å². The van der Waals surface area contributed by atoms with E-state index < -0.39 is 0 Å². The van der Waals surface area contributed by atoms with E-state index in [1.807, 2.05) is 55.5 Å². The van der Waals surface area contributed by atoms with Crippen molar-refractivity contribution in [2.45, 2.75) is 6.92 Å². The highest BCUT2D eigenvalue weighted by Gasteiger charge is 2.17. The van der Waals surface area contributed by atoms with Gasteiger partial charge in [0.1, 0.15) is 0 Å². The van der Waals surface area contributed by atoms with Crippen LogP contribution < -0.4 is 0 Å². The maximum absolute atomic E-state index is 9.87. The van der Waals surface area contributed by atoms with E-state index in [2.05, 4.69) is 58.1 Å². The summed E-state index contributed by atoms with van der Waals surface area (Å²) < 4.78 is 2.24. The van der Waals surface area contributed by atoms with E-state index in [0.717, 1.165) is 55.3 Å². The van der Waals surface area contributed by atoms with Gasteiger partial charge in [0, 0.05) is 34.4 Å². The van der Waals surface area contributed by atoms with Gasteiger partial charge in [0.2, 0.25) is 0 Å². The average Bonchev–Trinajstić information content (AvgIpc) is 3.30. The second-order valence-corrected chi connectivity index (χ2v) is 9.14. The van der Waals surface area contributed by atoms with Crippen molar-refractivity contribution in [1.29, 1.82) is 15.8 Å². The molecule has 2 aromatic heterocycles. The smallest absolute Gasteiger partial charge is 0.0998 e. The van der Waals surface area contributed by atoms with Crippen LogP contribution in [0.3, 0.4) is 0 Å². The maximum atomic E-state index is 9.87. The van der Waals surface area contributed by atoms with Crippen molar-refractivity contribution in [3.8, 4) is 46.1 Å². The van der Waals surface area contributed by atoms with Gasteiger partial charge in [-0.05, 0) is 89.8 Å². The number of benzene rings is 4. The van der Waals surface area contributed by atoms with Gasteiger partial charge < -0.3 is 4.57 Å². The Morgan fingerprint density at radius 1 is 0.632 bits per heavy atom. The molecule has 0 bridgehead atoms. The second kappa shape index (κ2) is 9.07. The fourth-order valence-corrected chi connectivity index (χ4v) is 5.14. The fourth-order valence-electron chi connectivity index (χ4n) is 5.14. The molecule has 0 aliphatic rings. The van der Waals surface area contributed by atoms with Crippen molar-refractivity contribution >= 4 is 21.8 Å². The number of hydrogen-bond donors (Lipinski definition) is 0. The molecule has 0 radical (unpaired) electrons. The van der Waals surface area contributed by atoms with Gasteiger partial charge in [-0.2, -0.15) is 15.8 Å². The van der Waals surface area contributed by atoms with Gasteiger partial charge in [0.25, 0.3) is 0 Å². The summed E-state index contributed by atoms with van der Waals surface area (Å²) in [6, 6.07) is 34.2. The SMILES string of the molecule is Cc1cc(C#N)c(-c2ccncc2)cc1-n1c2ccccc2c2cc(-c3cc(C#N)cc(C#N)c3)ccc21. The van der Waals surface area contributed by atoms with Crippen LogP contribution in [0.15, 0.2) is 97.3 Å². The van der Waals surface area contributed by atoms with E-state index in [1.165, 1.54) is 0 Å².